The molecule has 0 aliphatic rings. The van der Waals surface area contributed by atoms with Crippen molar-refractivity contribution in [1.82, 2.24) is 14.8 Å². The number of nitrogens with zero attached hydrogens (tertiary/aromatic N) is 1. The lowest BCUT2D eigenvalue weighted by molar-refractivity contribution is -0.122. The molecule has 122 valence electrons. The van der Waals surface area contributed by atoms with Crippen LogP contribution in [0.25, 0.3) is 0 Å². The monoisotopic (exact) mass is 337 g/mol. The van der Waals surface area contributed by atoms with Crippen LogP contribution in [0.1, 0.15) is 0 Å². The number of hydrazine groups is 1. The van der Waals surface area contributed by atoms with Gasteiger partial charge in [-0.2, -0.15) is 0 Å². The minimum Gasteiger partial charge on any atom is -0.497 e. The second-order valence-electron chi connectivity index (χ2n) is 4.50. The lowest BCUT2D eigenvalue weighted by Gasteiger charge is -2.09. The van der Waals surface area contributed by atoms with Gasteiger partial charge in [-0.05, 0) is 30.3 Å². The van der Waals surface area contributed by atoms with Crippen LogP contribution in [0.15, 0.2) is 58.4 Å². The van der Waals surface area contributed by atoms with Gasteiger partial charge in [0.15, 0.2) is 0 Å². The molecule has 23 heavy (non-hydrogen) atoms. The third-order valence-corrected chi connectivity index (χ3v) is 4.17. The predicted molar refractivity (Wildman–Crippen MR) is 82.2 cm³/mol. The summed E-state index contributed by atoms with van der Waals surface area (Å²) in [4.78, 5) is 25.1. The number of amides is 1. The fraction of sp³-hybridized carbons (Fsp3) is 0.143. The zero-order valence-corrected chi connectivity index (χ0v) is 13.0. The number of ether oxygens (including phenoxy) is 1. The van der Waals surface area contributed by atoms with Crippen LogP contribution >= 0.6 is 0 Å². The van der Waals surface area contributed by atoms with Gasteiger partial charge in [0.05, 0.1) is 12.0 Å². The molecule has 2 N–H and O–H groups in total. The van der Waals surface area contributed by atoms with Crippen molar-refractivity contribution in [3.63, 3.8) is 0 Å². The Balaban J connectivity index is 1.99. The summed E-state index contributed by atoms with van der Waals surface area (Å²) in [6, 6.07) is 10.1. The summed E-state index contributed by atoms with van der Waals surface area (Å²) in [5.41, 5.74) is 1.70. The molecule has 0 spiro atoms. The summed E-state index contributed by atoms with van der Waals surface area (Å²) in [6.45, 7) is -0.301. The molecule has 1 amide bonds. The first-order valence-electron chi connectivity index (χ1n) is 6.52. The van der Waals surface area contributed by atoms with Crippen molar-refractivity contribution in [2.24, 2.45) is 0 Å². The number of nitrogens with one attached hydrogen (secondary N) is 2. The molecule has 0 saturated carbocycles. The number of pyridine rings is 1. The second-order valence-corrected chi connectivity index (χ2v) is 6.18. The summed E-state index contributed by atoms with van der Waals surface area (Å²) in [6.07, 6.45) is 1.43. The maximum atomic E-state index is 12.0. The number of sulfonamides is 1. The number of carbonyl (C=O) groups excluding carboxylic acids is 1. The fourth-order valence-electron chi connectivity index (χ4n) is 1.72. The van der Waals surface area contributed by atoms with Crippen LogP contribution in [-0.4, -0.2) is 26.0 Å². The van der Waals surface area contributed by atoms with Gasteiger partial charge in [-0.3, -0.25) is 15.0 Å². The van der Waals surface area contributed by atoms with Crippen LogP contribution in [-0.2, 0) is 21.4 Å². The number of rotatable bonds is 6. The number of methoxy groups -OCH3 is 1. The van der Waals surface area contributed by atoms with Crippen molar-refractivity contribution >= 4 is 15.9 Å². The van der Waals surface area contributed by atoms with Gasteiger partial charge >= 0.3 is 0 Å². The van der Waals surface area contributed by atoms with E-state index in [4.69, 9.17) is 4.74 Å². The van der Waals surface area contributed by atoms with E-state index >= 15 is 0 Å². The molecule has 1 aromatic heterocycles. The Morgan fingerprint density at radius 2 is 1.87 bits per heavy atom. The maximum absolute atomic E-state index is 12.0. The van der Waals surface area contributed by atoms with Gasteiger partial charge in [-0.25, -0.2) is 8.42 Å². The first-order valence-corrected chi connectivity index (χ1v) is 8.01. The van der Waals surface area contributed by atoms with Crippen LogP contribution in [0.3, 0.4) is 0 Å². The zero-order valence-electron chi connectivity index (χ0n) is 12.2. The molecule has 0 saturated heterocycles. The van der Waals surface area contributed by atoms with Gasteiger partial charge in [-0.1, -0.05) is 6.07 Å². The summed E-state index contributed by atoms with van der Waals surface area (Å²) < 4.78 is 30.1. The van der Waals surface area contributed by atoms with Crippen LogP contribution in [0, 0.1) is 0 Å². The average Bonchev–Trinajstić information content (AvgIpc) is 2.55. The van der Waals surface area contributed by atoms with Gasteiger partial charge in [0.2, 0.25) is 0 Å². The molecule has 2 rings (SSSR count). The molecule has 0 radical (unpaired) electrons. The fourth-order valence-corrected chi connectivity index (χ4v) is 2.58. The molecule has 1 aromatic carbocycles. The van der Waals surface area contributed by atoms with Crippen LogP contribution in [0.4, 0.5) is 0 Å². The van der Waals surface area contributed by atoms with Crippen molar-refractivity contribution in [1.29, 1.82) is 0 Å². The molecule has 0 unspecified atom stereocenters. The molecule has 0 atom stereocenters. The number of carbonyl (C=O) groups is 1. The largest absolute Gasteiger partial charge is 0.497 e. The zero-order chi connectivity index (χ0) is 16.9. The normalized spacial score (nSPS) is 11.0. The van der Waals surface area contributed by atoms with E-state index in [1.807, 2.05) is 4.83 Å². The Bertz CT molecular complexity index is 843. The van der Waals surface area contributed by atoms with Crippen molar-refractivity contribution < 1.29 is 17.9 Å². The van der Waals surface area contributed by atoms with Gasteiger partial charge in [0, 0.05) is 12.3 Å². The van der Waals surface area contributed by atoms with E-state index in [2.05, 4.69) is 5.43 Å². The summed E-state index contributed by atoms with van der Waals surface area (Å²) in [7, 11) is -2.44. The number of hydrogen-bond donors (Lipinski definition) is 2. The van der Waals surface area contributed by atoms with E-state index in [9.17, 15) is 18.0 Å². The van der Waals surface area contributed by atoms with Crippen molar-refractivity contribution in [2.45, 2.75) is 11.4 Å². The Morgan fingerprint density at radius 3 is 2.48 bits per heavy atom. The van der Waals surface area contributed by atoms with E-state index in [-0.39, 0.29) is 17.0 Å². The second kappa shape index (κ2) is 7.07. The minimum atomic E-state index is -3.91. The van der Waals surface area contributed by atoms with Crippen LogP contribution < -0.4 is 20.6 Å². The highest BCUT2D eigenvalue weighted by atomic mass is 32.2. The standard InChI is InChI=1S/C14H15N3O5S/c1-22-11-5-7-12(8-6-11)23(20,21)16-15-13(18)10-17-9-3-2-4-14(17)19/h2-9,16H,10H2,1H3,(H,15,18). The van der Waals surface area contributed by atoms with Gasteiger partial charge < -0.3 is 9.30 Å². The lowest BCUT2D eigenvalue weighted by atomic mass is 10.3. The Hall–Kier alpha value is -2.65. The third-order valence-electron chi connectivity index (χ3n) is 2.91. The highest BCUT2D eigenvalue weighted by molar-refractivity contribution is 7.89. The molecule has 2 aromatic rings. The molecule has 0 fully saturated rings. The predicted octanol–water partition coefficient (Wildman–Crippen LogP) is -0.133. The highest BCUT2D eigenvalue weighted by Crippen LogP contribution is 2.14. The van der Waals surface area contributed by atoms with Crippen molar-refractivity contribution in [3.05, 3.63) is 59.0 Å². The minimum absolute atomic E-state index is 0.0320. The lowest BCUT2D eigenvalue weighted by Crippen LogP contribution is -2.43. The Kier molecular flexibility index (Phi) is 5.14. The van der Waals surface area contributed by atoms with Gasteiger partial charge in [0.25, 0.3) is 21.5 Å². The number of hydrogen-bond acceptors (Lipinski definition) is 5. The SMILES string of the molecule is COc1ccc(S(=O)(=O)NNC(=O)Cn2ccccc2=O)cc1. The summed E-state index contributed by atoms with van der Waals surface area (Å²) in [5, 5.41) is 0. The van der Waals surface area contributed by atoms with E-state index in [0.29, 0.717) is 5.75 Å². The Morgan fingerprint density at radius 1 is 1.17 bits per heavy atom. The van der Waals surface area contributed by atoms with Crippen LogP contribution in [0.2, 0.25) is 0 Å². The topological polar surface area (TPSA) is 106 Å². The molecule has 9 heteroatoms. The molecule has 0 bridgehead atoms. The van der Waals surface area contributed by atoms with E-state index < -0.39 is 15.9 Å². The quantitative estimate of drug-likeness (QED) is 0.714. The number of benzene rings is 1. The Labute approximate surface area is 132 Å². The van der Waals surface area contributed by atoms with Crippen molar-refractivity contribution in [3.8, 4) is 5.75 Å². The molecule has 1 heterocycles. The smallest absolute Gasteiger partial charge is 0.257 e. The van der Waals surface area contributed by atoms with Gasteiger partial charge in [-0.15, -0.1) is 4.83 Å². The maximum Gasteiger partial charge on any atom is 0.257 e. The first kappa shape index (κ1) is 16.7. The molecular formula is C14H15N3O5S. The highest BCUT2D eigenvalue weighted by Gasteiger charge is 2.15. The molecule has 8 nitrogen and oxygen atoms in total. The molecule has 0 aliphatic heterocycles. The molecule has 0 aliphatic carbocycles. The average molecular weight is 337 g/mol. The third kappa shape index (κ3) is 4.41. The number of aromatic nitrogens is 1. The molecular weight excluding hydrogens is 322 g/mol. The van der Waals surface area contributed by atoms with Crippen molar-refractivity contribution in [2.75, 3.05) is 7.11 Å². The van der Waals surface area contributed by atoms with E-state index in [1.165, 1.54) is 43.6 Å². The van der Waals surface area contributed by atoms with Crippen LogP contribution in [0.5, 0.6) is 5.75 Å². The first-order chi connectivity index (χ1) is 10.9. The summed E-state index contributed by atoms with van der Waals surface area (Å²) in [5.74, 6) is -0.160. The van der Waals surface area contributed by atoms with E-state index in [1.54, 1.807) is 12.1 Å². The summed E-state index contributed by atoms with van der Waals surface area (Å²) >= 11 is 0. The van der Waals surface area contributed by atoms with E-state index in [0.717, 1.165) is 4.57 Å². The van der Waals surface area contributed by atoms with Gasteiger partial charge in [0.1, 0.15) is 12.3 Å².